The number of amides is 1. The maximum Gasteiger partial charge on any atom is 0.339 e. The summed E-state index contributed by atoms with van der Waals surface area (Å²) in [7, 11) is 0. The maximum absolute atomic E-state index is 13.1. The van der Waals surface area contributed by atoms with Crippen molar-refractivity contribution in [2.45, 2.75) is 65.4 Å². The van der Waals surface area contributed by atoms with E-state index >= 15 is 0 Å². The minimum absolute atomic E-state index is 0.0619. The smallest absolute Gasteiger partial charge is 0.339 e. The normalized spacial score (nSPS) is 15.3. The van der Waals surface area contributed by atoms with Crippen molar-refractivity contribution in [3.05, 3.63) is 52.4 Å². The zero-order chi connectivity index (χ0) is 26.9. The molecule has 1 heterocycles. The van der Waals surface area contributed by atoms with E-state index in [0.29, 0.717) is 28.7 Å². The van der Waals surface area contributed by atoms with E-state index in [-0.39, 0.29) is 21.9 Å². The third-order valence-corrected chi connectivity index (χ3v) is 7.17. The number of anilines is 1. The van der Waals surface area contributed by atoms with Gasteiger partial charge in [-0.2, -0.15) is 0 Å². The first-order valence-electron chi connectivity index (χ1n) is 12.5. The minimum Gasteiger partial charge on any atom is -0.507 e. The first-order valence-corrected chi connectivity index (χ1v) is 13.7. The van der Waals surface area contributed by atoms with Gasteiger partial charge in [0.15, 0.2) is 15.8 Å². The van der Waals surface area contributed by atoms with Crippen LogP contribution in [0.1, 0.15) is 75.2 Å². The number of carboxylic acids is 1. The highest BCUT2D eigenvalue weighted by atomic mass is 32.2. The number of ether oxygens (including phenoxy) is 2. The molecule has 9 heteroatoms. The van der Waals surface area contributed by atoms with E-state index < -0.39 is 11.7 Å². The Morgan fingerprint density at radius 3 is 2.54 bits per heavy atom. The highest BCUT2D eigenvalue weighted by Crippen LogP contribution is 2.38. The minimum atomic E-state index is -1.26. The highest BCUT2D eigenvalue weighted by Gasteiger charge is 2.34. The van der Waals surface area contributed by atoms with Crippen molar-refractivity contribution >= 4 is 51.9 Å². The Bertz CT molecular complexity index is 1180. The molecule has 0 aromatic heterocycles. The van der Waals surface area contributed by atoms with Crippen LogP contribution >= 0.6 is 24.0 Å². The SMILES string of the molecule is CCCCCCC[C@H](C)Oc1ccc(/C=C2/SC(=S)N(c3ccc(C(=O)O)c(O)c3)C2=O)cc1OCC. The number of aromatic carboxylic acids is 1. The number of rotatable bonds is 13. The Morgan fingerprint density at radius 1 is 1.11 bits per heavy atom. The Balaban J connectivity index is 1.75. The number of aromatic hydroxyl groups is 1. The molecule has 37 heavy (non-hydrogen) atoms. The van der Waals surface area contributed by atoms with E-state index in [1.807, 2.05) is 25.1 Å². The van der Waals surface area contributed by atoms with Gasteiger partial charge in [-0.25, -0.2) is 4.79 Å². The molecular weight excluding hydrogens is 510 g/mol. The molecule has 0 aliphatic carbocycles. The standard InChI is InChI=1S/C28H33NO6S2/c1-4-6-7-8-9-10-18(3)35-23-14-11-19(15-24(23)34-5-2)16-25-26(31)29(28(36)37-25)20-12-13-21(27(32)33)22(30)17-20/h11-18,30H,4-10H2,1-3H3,(H,32,33)/b25-16+/t18-/m0/s1. The molecule has 1 amide bonds. The van der Waals surface area contributed by atoms with Crippen LogP contribution in [0.5, 0.6) is 17.2 Å². The first kappa shape index (κ1) is 28.5. The van der Waals surface area contributed by atoms with Crippen LogP contribution in [0.3, 0.4) is 0 Å². The molecular formula is C28H33NO6S2. The number of benzene rings is 2. The lowest BCUT2D eigenvalue weighted by Gasteiger charge is -2.18. The van der Waals surface area contributed by atoms with Crippen molar-refractivity contribution in [2.75, 3.05) is 11.5 Å². The van der Waals surface area contributed by atoms with Gasteiger partial charge in [-0.05, 0) is 62.6 Å². The quantitative estimate of drug-likeness (QED) is 0.158. The number of carboxylic acid groups (broad SMARTS) is 1. The Morgan fingerprint density at radius 2 is 1.86 bits per heavy atom. The van der Waals surface area contributed by atoms with Crippen LogP contribution in [0.4, 0.5) is 5.69 Å². The molecule has 0 spiro atoms. The Hall–Kier alpha value is -3.04. The summed E-state index contributed by atoms with van der Waals surface area (Å²) in [5.41, 5.74) is 0.810. The highest BCUT2D eigenvalue weighted by molar-refractivity contribution is 8.27. The molecule has 0 saturated carbocycles. The molecule has 1 saturated heterocycles. The topological polar surface area (TPSA) is 96.3 Å². The van der Waals surface area contributed by atoms with Crippen LogP contribution in [0.25, 0.3) is 6.08 Å². The van der Waals surface area contributed by atoms with Crippen LogP contribution in [0.15, 0.2) is 41.3 Å². The molecule has 0 radical (unpaired) electrons. The van der Waals surface area contributed by atoms with Crippen molar-refractivity contribution in [2.24, 2.45) is 0 Å². The first-order chi connectivity index (χ1) is 17.7. The average molecular weight is 544 g/mol. The predicted octanol–water partition coefficient (Wildman–Crippen LogP) is 7.02. The van der Waals surface area contributed by atoms with Crippen LogP contribution in [0, 0.1) is 0 Å². The van der Waals surface area contributed by atoms with E-state index in [9.17, 15) is 14.7 Å². The summed E-state index contributed by atoms with van der Waals surface area (Å²) in [5, 5.41) is 19.2. The van der Waals surface area contributed by atoms with Crippen LogP contribution in [-0.2, 0) is 4.79 Å². The number of thioether (sulfide) groups is 1. The molecule has 2 aromatic rings. The van der Waals surface area contributed by atoms with E-state index in [1.165, 1.54) is 48.8 Å². The number of carbonyl (C=O) groups is 2. The van der Waals surface area contributed by atoms with Gasteiger partial charge in [-0.3, -0.25) is 9.69 Å². The van der Waals surface area contributed by atoms with Gasteiger partial charge in [0.05, 0.1) is 23.3 Å². The lowest BCUT2D eigenvalue weighted by Crippen LogP contribution is -2.27. The van der Waals surface area contributed by atoms with E-state index in [2.05, 4.69) is 13.8 Å². The molecule has 1 atom stereocenters. The van der Waals surface area contributed by atoms with Gasteiger partial charge >= 0.3 is 5.97 Å². The average Bonchev–Trinajstić information content (AvgIpc) is 3.12. The van der Waals surface area contributed by atoms with Crippen LogP contribution in [-0.4, -0.2) is 39.1 Å². The lowest BCUT2D eigenvalue weighted by atomic mass is 10.1. The second-order valence-corrected chi connectivity index (χ2v) is 10.5. The summed E-state index contributed by atoms with van der Waals surface area (Å²) in [6, 6.07) is 9.48. The summed E-state index contributed by atoms with van der Waals surface area (Å²) in [6.45, 7) is 6.65. The molecule has 2 N–H and O–H groups in total. The number of hydrogen-bond donors (Lipinski definition) is 2. The molecule has 7 nitrogen and oxygen atoms in total. The largest absolute Gasteiger partial charge is 0.507 e. The molecule has 0 bridgehead atoms. The monoisotopic (exact) mass is 543 g/mol. The van der Waals surface area contributed by atoms with Crippen molar-refractivity contribution < 1.29 is 29.3 Å². The van der Waals surface area contributed by atoms with Gasteiger partial charge in [-0.15, -0.1) is 0 Å². The van der Waals surface area contributed by atoms with E-state index in [4.69, 9.17) is 26.8 Å². The van der Waals surface area contributed by atoms with Gasteiger partial charge in [0.1, 0.15) is 11.3 Å². The number of thiocarbonyl (C=S) groups is 1. The van der Waals surface area contributed by atoms with E-state index in [0.717, 1.165) is 30.2 Å². The fourth-order valence-corrected chi connectivity index (χ4v) is 5.27. The third kappa shape index (κ3) is 7.49. The third-order valence-electron chi connectivity index (χ3n) is 5.87. The van der Waals surface area contributed by atoms with Gasteiger partial charge in [0, 0.05) is 6.07 Å². The molecule has 1 aliphatic heterocycles. The van der Waals surface area contributed by atoms with Crippen molar-refractivity contribution in [1.29, 1.82) is 0 Å². The zero-order valence-electron chi connectivity index (χ0n) is 21.4. The molecule has 2 aromatic carbocycles. The molecule has 1 aliphatic rings. The molecule has 0 unspecified atom stereocenters. The lowest BCUT2D eigenvalue weighted by molar-refractivity contribution is -0.113. The van der Waals surface area contributed by atoms with Crippen molar-refractivity contribution in [1.82, 2.24) is 0 Å². The summed E-state index contributed by atoms with van der Waals surface area (Å²) < 4.78 is 12.3. The molecule has 198 valence electrons. The number of unbranched alkanes of at least 4 members (excludes halogenated alkanes) is 4. The zero-order valence-corrected chi connectivity index (χ0v) is 23.0. The second-order valence-electron chi connectivity index (χ2n) is 8.79. The van der Waals surface area contributed by atoms with Crippen LogP contribution < -0.4 is 14.4 Å². The van der Waals surface area contributed by atoms with Crippen molar-refractivity contribution in [3.63, 3.8) is 0 Å². The van der Waals surface area contributed by atoms with Crippen LogP contribution in [0.2, 0.25) is 0 Å². The van der Waals surface area contributed by atoms with Crippen molar-refractivity contribution in [3.8, 4) is 17.2 Å². The predicted molar refractivity (Wildman–Crippen MR) is 152 cm³/mol. The maximum atomic E-state index is 13.1. The van der Waals surface area contributed by atoms with Gasteiger partial charge in [0.2, 0.25) is 0 Å². The number of phenols is 1. The molecule has 1 fully saturated rings. The second kappa shape index (κ2) is 13.5. The van der Waals surface area contributed by atoms with E-state index in [1.54, 1.807) is 6.08 Å². The molecule has 3 rings (SSSR count). The van der Waals surface area contributed by atoms with Gasteiger partial charge in [-0.1, -0.05) is 62.7 Å². The number of nitrogens with zero attached hydrogens (tertiary/aromatic N) is 1. The Labute approximate surface area is 227 Å². The Kier molecular flexibility index (Phi) is 10.4. The summed E-state index contributed by atoms with van der Waals surface area (Å²) in [5.74, 6) is -0.767. The fourth-order valence-electron chi connectivity index (χ4n) is 3.97. The summed E-state index contributed by atoms with van der Waals surface area (Å²) in [6.07, 6.45) is 8.85. The number of hydrogen-bond acceptors (Lipinski definition) is 7. The van der Waals surface area contributed by atoms with Gasteiger partial charge in [0.25, 0.3) is 5.91 Å². The summed E-state index contributed by atoms with van der Waals surface area (Å²) >= 11 is 6.53. The number of carbonyl (C=O) groups excluding carboxylic acids is 1. The fraction of sp³-hybridized carbons (Fsp3) is 0.393. The van der Waals surface area contributed by atoms with Gasteiger partial charge < -0.3 is 19.7 Å². The summed E-state index contributed by atoms with van der Waals surface area (Å²) in [4.78, 5) is 26.0.